The first-order valence-corrected chi connectivity index (χ1v) is 20.9. The largest absolute Gasteiger partial charge is 0.400 e. The normalized spacial score (nSPS) is 25.8. The van der Waals surface area contributed by atoms with E-state index in [0.717, 1.165) is 14.2 Å². The maximum Gasteiger partial charge on any atom is 0.167 e. The predicted molar refractivity (Wildman–Crippen MR) is 251 cm³/mol. The third-order valence-corrected chi connectivity index (χ3v) is 10.3. The first kappa shape index (κ1) is 62.0. The number of nitrogens with two attached hydrogens (primary N) is 3. The number of hydrogen-bond donors (Lipinski definition) is 11. The van der Waals surface area contributed by atoms with Gasteiger partial charge >= 0.3 is 0 Å². The summed E-state index contributed by atoms with van der Waals surface area (Å²) in [5, 5.41) is 71.2. The maximum atomic E-state index is 10.3. The third kappa shape index (κ3) is 13.7. The predicted octanol–water partition coefficient (Wildman–Crippen LogP) is -3.52. The van der Waals surface area contributed by atoms with Crippen LogP contribution in [-0.4, -0.2) is 229 Å². The fourth-order valence-corrected chi connectivity index (χ4v) is 7.25. The van der Waals surface area contributed by atoms with Crippen LogP contribution in [0.25, 0.3) is 33.5 Å². The van der Waals surface area contributed by atoms with Crippen LogP contribution in [0.4, 0.5) is 17.5 Å². The Labute approximate surface area is 413 Å². The van der Waals surface area contributed by atoms with Crippen LogP contribution < -0.4 is 17.2 Å². The number of anilines is 3. The molecule has 6 aromatic rings. The van der Waals surface area contributed by atoms with Crippen molar-refractivity contribution < 1.29 is 88.9 Å². The van der Waals surface area contributed by atoms with E-state index in [4.69, 9.17) is 75.9 Å². The van der Waals surface area contributed by atoms with Gasteiger partial charge in [0, 0.05) is 35.5 Å². The number of nitrogens with zero attached hydrogens (tertiary/aromatic N) is 12. The lowest BCUT2D eigenvalue weighted by Crippen LogP contribution is -2.35. The van der Waals surface area contributed by atoms with Crippen molar-refractivity contribution in [3.8, 4) is 0 Å². The smallest absolute Gasteiger partial charge is 0.167 e. The van der Waals surface area contributed by atoms with Crippen LogP contribution in [0.15, 0.2) is 38.0 Å². The Morgan fingerprint density at radius 3 is 1.14 bits per heavy atom. The van der Waals surface area contributed by atoms with Crippen molar-refractivity contribution in [2.75, 3.05) is 72.6 Å². The van der Waals surface area contributed by atoms with Gasteiger partial charge < -0.3 is 85.9 Å². The van der Waals surface area contributed by atoms with Crippen molar-refractivity contribution in [2.24, 2.45) is 0 Å². The van der Waals surface area contributed by atoms with Gasteiger partial charge in [0.25, 0.3) is 0 Å². The minimum absolute atomic E-state index is 0.179. The molecule has 34 heteroatoms. The average molecular weight is 1050 g/mol. The summed E-state index contributed by atoms with van der Waals surface area (Å²) < 4.78 is 37.4. The van der Waals surface area contributed by atoms with Gasteiger partial charge in [0.15, 0.2) is 53.1 Å². The Balaban J connectivity index is 0.000000340. The zero-order valence-corrected chi connectivity index (χ0v) is 40.1. The molecule has 14 N–H and O–H groups in total. The van der Waals surface area contributed by atoms with Crippen molar-refractivity contribution in [3.05, 3.63) is 38.0 Å². The standard InChI is InChI=1S/C12H17N5O4.C11H15N5O5.C10H13N5O5.2CH4O.2CH2O.CH2S/c1-19-3-6-8(18)9(20-2)12(21-6)17-5-16-7-10(13)14-4-15-11(7)17;1-19-8-7(17)5(2-20-18)21-11(8)16-4-15-6-9(12)13-3-14-10(6)16;11-8-5-9(13-2-12-8)15(3-14-5)10-7(17)6(16)4(20-10)1-19-18;5*1-2/h4-6,8-9,12,18H,3H2,1-2H3,(H2,13,14,15);3-5,7-8,11,17-18H,2H2,1H3,(H2,12,13,14);2-4,6-7,10,16-18H,1H2,(H2,11,12,13);2*2H,1H3;3*1H2. The maximum absolute atomic E-state index is 10.3. The van der Waals surface area contributed by atoms with Crippen molar-refractivity contribution in [1.29, 1.82) is 0 Å². The SMILES string of the molecule is C=O.C=O.C=S.CO.CO.COC1C(O)C(COO)OC1n1cnc2c(N)ncnc21.COCC1OC(n2cnc3c(N)ncnc32)C(OC)C1O.Nc1ncnc2c1ncn2C1OC(COO)C(O)C1O. The molecule has 0 bridgehead atoms. The highest BCUT2D eigenvalue weighted by atomic mass is 32.1. The summed E-state index contributed by atoms with van der Waals surface area (Å²) in [7, 11) is 6.52. The number of methoxy groups -OCH3 is 3. The lowest BCUT2D eigenvalue weighted by molar-refractivity contribution is -0.264. The van der Waals surface area contributed by atoms with E-state index in [0.29, 0.717) is 39.3 Å². The molecule has 3 fully saturated rings. The summed E-state index contributed by atoms with van der Waals surface area (Å²) in [6, 6.07) is 0. The molecule has 6 aromatic heterocycles. The first-order chi connectivity index (χ1) is 35.0. The van der Waals surface area contributed by atoms with E-state index in [1.807, 2.05) is 13.6 Å². The number of carbonyl (C=O) groups is 2. The van der Waals surface area contributed by atoms with Crippen LogP contribution in [0.1, 0.15) is 18.7 Å². The number of carbonyl (C=O) groups excluding carboxylic acids is 2. The first-order valence-electron chi connectivity index (χ1n) is 20.3. The van der Waals surface area contributed by atoms with Crippen LogP contribution in [0.5, 0.6) is 0 Å². The molecule has 0 aromatic carbocycles. The zero-order chi connectivity index (χ0) is 54.2. The van der Waals surface area contributed by atoms with Crippen LogP contribution in [0.2, 0.25) is 0 Å². The number of rotatable bonds is 11. The van der Waals surface area contributed by atoms with Crippen LogP contribution in [-0.2, 0) is 47.8 Å². The van der Waals surface area contributed by atoms with Crippen LogP contribution in [0, 0.1) is 0 Å². The fourth-order valence-electron chi connectivity index (χ4n) is 7.25. The molecule has 33 nitrogen and oxygen atoms in total. The van der Waals surface area contributed by atoms with Crippen molar-refractivity contribution >= 4 is 82.6 Å². The second-order valence-corrected chi connectivity index (χ2v) is 13.9. The lowest BCUT2D eigenvalue weighted by atomic mass is 10.1. The number of nitrogen functional groups attached to an aromatic ring is 3. The third-order valence-electron chi connectivity index (χ3n) is 10.3. The van der Waals surface area contributed by atoms with Crippen molar-refractivity contribution in [3.63, 3.8) is 0 Å². The summed E-state index contributed by atoms with van der Waals surface area (Å²) in [6.07, 6.45) is -1.30. The molecule has 72 heavy (non-hydrogen) atoms. The minimum atomic E-state index is -1.22. The summed E-state index contributed by atoms with van der Waals surface area (Å²) in [6.45, 7) is 3.82. The van der Waals surface area contributed by atoms with Gasteiger partial charge in [-0.25, -0.2) is 54.6 Å². The summed E-state index contributed by atoms with van der Waals surface area (Å²) in [4.78, 5) is 60.3. The second kappa shape index (κ2) is 31.3. The number of ether oxygens (including phenoxy) is 6. The highest BCUT2D eigenvalue weighted by molar-refractivity contribution is 7.77. The molecule has 0 spiro atoms. The van der Waals surface area contributed by atoms with E-state index in [1.165, 1.54) is 50.4 Å². The monoisotopic (exact) mass is 1050 g/mol. The number of aromatic nitrogens is 12. The number of aliphatic hydroxyl groups is 6. The van der Waals surface area contributed by atoms with Gasteiger partial charge in [0.1, 0.15) is 117 Å². The second-order valence-electron chi connectivity index (χ2n) is 13.9. The number of imidazole rings is 3. The van der Waals surface area contributed by atoms with Gasteiger partial charge in [0.05, 0.1) is 25.6 Å². The molecule has 400 valence electrons. The van der Waals surface area contributed by atoms with E-state index >= 15 is 0 Å². The van der Waals surface area contributed by atoms with E-state index < -0.39 is 73.6 Å². The molecule has 0 saturated carbocycles. The molecule has 0 radical (unpaired) electrons. The Morgan fingerprint density at radius 2 is 0.819 bits per heavy atom. The Kier molecular flexibility index (Phi) is 27.0. The van der Waals surface area contributed by atoms with E-state index in [2.05, 4.69) is 72.7 Å². The highest BCUT2D eigenvalue weighted by Gasteiger charge is 2.47. The molecule has 0 aliphatic carbocycles. The van der Waals surface area contributed by atoms with Crippen LogP contribution in [0.3, 0.4) is 0 Å². The quantitative estimate of drug-likeness (QED) is 0.0340. The summed E-state index contributed by atoms with van der Waals surface area (Å²) >= 11 is 3.83. The molecule has 3 aliphatic heterocycles. The van der Waals surface area contributed by atoms with Gasteiger partial charge in [-0.3, -0.25) is 24.2 Å². The number of thiocarbonyl (C=S) groups is 1. The summed E-state index contributed by atoms with van der Waals surface area (Å²) in [5.41, 5.74) is 19.8. The number of aliphatic hydroxyl groups excluding tert-OH is 6. The Hall–Kier alpha value is -6.16. The topological polar surface area (TPSA) is 479 Å². The van der Waals surface area contributed by atoms with E-state index in [-0.39, 0.29) is 31.5 Å². The number of hydrogen-bond acceptors (Lipinski definition) is 31. The van der Waals surface area contributed by atoms with Gasteiger partial charge in [-0.2, -0.15) is 0 Å². The molecule has 3 saturated heterocycles. The molecule has 9 heterocycles. The highest BCUT2D eigenvalue weighted by Crippen LogP contribution is 2.36. The van der Waals surface area contributed by atoms with Gasteiger partial charge in [-0.05, 0) is 5.87 Å². The minimum Gasteiger partial charge on any atom is -0.400 e. The van der Waals surface area contributed by atoms with Gasteiger partial charge in [0.2, 0.25) is 0 Å². The Morgan fingerprint density at radius 1 is 0.514 bits per heavy atom. The molecule has 12 unspecified atom stereocenters. The van der Waals surface area contributed by atoms with Crippen molar-refractivity contribution in [2.45, 2.75) is 73.6 Å². The molecule has 3 aliphatic rings. The fraction of sp³-hybridized carbons (Fsp3) is 0.526. The van der Waals surface area contributed by atoms with Gasteiger partial charge in [-0.1, -0.05) is 12.2 Å². The van der Waals surface area contributed by atoms with Crippen LogP contribution >= 0.6 is 12.2 Å². The average Bonchev–Trinajstić information content (AvgIpc) is 4.29. The zero-order valence-electron chi connectivity index (χ0n) is 39.3. The molecule has 12 atom stereocenters. The lowest BCUT2D eigenvalue weighted by Gasteiger charge is -2.19. The number of fused-ring (bicyclic) bond motifs is 3. The molecular weight excluding hydrogens is 987 g/mol. The van der Waals surface area contributed by atoms with E-state index in [1.54, 1.807) is 22.6 Å². The molecular formula is C38H59N15O18S. The van der Waals surface area contributed by atoms with Gasteiger partial charge in [-0.15, -0.1) is 0 Å². The molecule has 0 amide bonds. The summed E-state index contributed by atoms with van der Waals surface area (Å²) in [5.74, 6) is 3.58. The molecule has 9 rings (SSSR count). The Bertz CT molecular complexity index is 2370. The van der Waals surface area contributed by atoms with Crippen molar-refractivity contribution in [1.82, 2.24) is 58.6 Å². The van der Waals surface area contributed by atoms with E-state index in [9.17, 15) is 20.4 Å².